The molecule has 2 aromatic rings. The zero-order valence-electron chi connectivity index (χ0n) is 6.87. The second-order valence-electron chi connectivity index (χ2n) is 2.57. The van der Waals surface area contributed by atoms with E-state index >= 15 is 0 Å². The Hall–Kier alpha value is -0.740. The predicted molar refractivity (Wildman–Crippen MR) is 55.6 cm³/mol. The molecule has 1 aromatic heterocycles. The van der Waals surface area contributed by atoms with Gasteiger partial charge in [-0.1, -0.05) is 0 Å². The van der Waals surface area contributed by atoms with Gasteiger partial charge in [0.15, 0.2) is 0 Å². The van der Waals surface area contributed by atoms with Gasteiger partial charge in [0.1, 0.15) is 11.6 Å². The second kappa shape index (κ2) is 3.20. The molecule has 4 heteroatoms. The second-order valence-corrected chi connectivity index (χ2v) is 3.97. The van der Waals surface area contributed by atoms with Crippen LogP contribution >= 0.6 is 24.0 Å². The molecule has 0 saturated heterocycles. The third-order valence-corrected chi connectivity index (χ3v) is 3.14. The molecule has 68 valence electrons. The van der Waals surface area contributed by atoms with Crippen LogP contribution in [0.2, 0.25) is 0 Å². The summed E-state index contributed by atoms with van der Waals surface area (Å²) in [5.74, 6) is 0.176. The van der Waals surface area contributed by atoms with Crippen molar-refractivity contribution in [3.63, 3.8) is 0 Å². The number of fused-ring (bicyclic) bond motifs is 1. The van der Waals surface area contributed by atoms with Crippen LogP contribution in [0.5, 0.6) is 5.75 Å². The number of rotatable bonds is 1. The molecule has 0 radical (unpaired) electrons. The van der Waals surface area contributed by atoms with Gasteiger partial charge < -0.3 is 4.74 Å². The van der Waals surface area contributed by atoms with E-state index in [1.807, 2.05) is 5.38 Å². The predicted octanol–water partition coefficient (Wildman–Crippen LogP) is 3.34. The molecular weight excluding hydrogens is 207 g/mol. The molecule has 0 aliphatic carbocycles. The van der Waals surface area contributed by atoms with E-state index in [-0.39, 0.29) is 10.7 Å². The van der Waals surface area contributed by atoms with Crippen molar-refractivity contribution in [3.05, 3.63) is 23.3 Å². The first-order valence-corrected chi connectivity index (χ1v) is 4.99. The van der Waals surface area contributed by atoms with Gasteiger partial charge in [0.2, 0.25) is 0 Å². The number of methoxy groups -OCH3 is 1. The summed E-state index contributed by atoms with van der Waals surface area (Å²) in [6.45, 7) is 0. The number of halogens is 1. The van der Waals surface area contributed by atoms with Crippen LogP contribution < -0.4 is 4.74 Å². The molecular formula is C9H7FOS2. The highest BCUT2D eigenvalue weighted by atomic mass is 32.1. The van der Waals surface area contributed by atoms with Crippen molar-refractivity contribution in [2.45, 2.75) is 4.90 Å². The molecule has 2 rings (SSSR count). The zero-order valence-corrected chi connectivity index (χ0v) is 8.58. The highest BCUT2D eigenvalue weighted by molar-refractivity contribution is 7.80. The quantitative estimate of drug-likeness (QED) is 0.716. The maximum absolute atomic E-state index is 13.5. The number of thiol groups is 1. The van der Waals surface area contributed by atoms with E-state index in [1.165, 1.54) is 18.4 Å². The normalized spacial score (nSPS) is 10.7. The van der Waals surface area contributed by atoms with E-state index in [0.29, 0.717) is 11.1 Å². The maximum Gasteiger partial charge on any atom is 0.148 e. The molecule has 0 aliphatic rings. The van der Waals surface area contributed by atoms with Crippen molar-refractivity contribution in [1.82, 2.24) is 0 Å². The summed E-state index contributed by atoms with van der Waals surface area (Å²) in [4.78, 5) is 0.272. The Labute approximate surface area is 84.6 Å². The smallest absolute Gasteiger partial charge is 0.148 e. The Morgan fingerprint density at radius 3 is 3.00 bits per heavy atom. The molecule has 0 atom stereocenters. The van der Waals surface area contributed by atoms with Crippen LogP contribution in [0.3, 0.4) is 0 Å². The largest absolute Gasteiger partial charge is 0.495 e. The van der Waals surface area contributed by atoms with Crippen LogP contribution in [-0.4, -0.2) is 7.11 Å². The van der Waals surface area contributed by atoms with Crippen LogP contribution in [0.15, 0.2) is 22.4 Å². The summed E-state index contributed by atoms with van der Waals surface area (Å²) in [7, 11) is 1.51. The van der Waals surface area contributed by atoms with Crippen molar-refractivity contribution >= 4 is 34.1 Å². The summed E-state index contributed by atoms with van der Waals surface area (Å²) in [5, 5.41) is 2.45. The zero-order chi connectivity index (χ0) is 9.42. The first-order valence-electron chi connectivity index (χ1n) is 3.66. The maximum atomic E-state index is 13.5. The van der Waals surface area contributed by atoms with Gasteiger partial charge >= 0.3 is 0 Å². The van der Waals surface area contributed by atoms with Gasteiger partial charge in [-0.25, -0.2) is 4.39 Å². The van der Waals surface area contributed by atoms with Gasteiger partial charge in [-0.3, -0.25) is 0 Å². The molecule has 1 aromatic carbocycles. The SMILES string of the molecule is COc1cc2sccc2c(F)c1S. The summed E-state index contributed by atoms with van der Waals surface area (Å²) >= 11 is 5.53. The van der Waals surface area contributed by atoms with Crippen LogP contribution in [0, 0.1) is 5.82 Å². The van der Waals surface area contributed by atoms with Crippen LogP contribution in [0.25, 0.3) is 10.1 Å². The van der Waals surface area contributed by atoms with Crippen molar-refractivity contribution in [2.24, 2.45) is 0 Å². The number of hydrogen-bond acceptors (Lipinski definition) is 3. The van der Waals surface area contributed by atoms with E-state index in [2.05, 4.69) is 12.6 Å². The standard InChI is InChI=1S/C9H7FOS2/c1-11-6-4-7-5(2-3-13-7)8(10)9(6)12/h2-4,12H,1H3. The van der Waals surface area contributed by atoms with Crippen LogP contribution in [0.4, 0.5) is 4.39 Å². The molecule has 0 aliphatic heterocycles. The van der Waals surface area contributed by atoms with Crippen LogP contribution in [-0.2, 0) is 0 Å². The average Bonchev–Trinajstić information content (AvgIpc) is 2.59. The summed E-state index contributed by atoms with van der Waals surface area (Å²) in [5.41, 5.74) is 0. The van der Waals surface area contributed by atoms with Gasteiger partial charge in [0, 0.05) is 10.1 Å². The van der Waals surface area contributed by atoms with Crippen molar-refractivity contribution in [3.8, 4) is 5.75 Å². The minimum atomic E-state index is -0.307. The molecule has 0 fully saturated rings. The van der Waals surface area contributed by atoms with E-state index in [4.69, 9.17) is 4.74 Å². The monoisotopic (exact) mass is 214 g/mol. The molecule has 0 spiro atoms. The lowest BCUT2D eigenvalue weighted by Gasteiger charge is -2.04. The number of benzene rings is 1. The number of ether oxygens (including phenoxy) is 1. The molecule has 0 bridgehead atoms. The number of thiophene rings is 1. The van der Waals surface area contributed by atoms with E-state index in [0.717, 1.165) is 4.70 Å². The van der Waals surface area contributed by atoms with Gasteiger partial charge in [-0.05, 0) is 17.5 Å². The Bertz CT molecular complexity index is 450. The minimum absolute atomic E-state index is 0.272. The van der Waals surface area contributed by atoms with Crippen molar-refractivity contribution in [1.29, 1.82) is 0 Å². The molecule has 13 heavy (non-hydrogen) atoms. The van der Waals surface area contributed by atoms with E-state index in [1.54, 1.807) is 12.1 Å². The highest BCUT2D eigenvalue weighted by Gasteiger charge is 2.11. The minimum Gasteiger partial charge on any atom is -0.495 e. The third-order valence-electron chi connectivity index (χ3n) is 1.86. The molecule has 1 nitrogen and oxygen atoms in total. The summed E-state index contributed by atoms with van der Waals surface area (Å²) in [6.07, 6.45) is 0. The molecule has 1 heterocycles. The molecule has 0 saturated carbocycles. The average molecular weight is 214 g/mol. The van der Waals surface area contributed by atoms with Gasteiger partial charge in [0.25, 0.3) is 0 Å². The van der Waals surface area contributed by atoms with Crippen molar-refractivity contribution < 1.29 is 9.13 Å². The van der Waals surface area contributed by atoms with E-state index in [9.17, 15) is 4.39 Å². The topological polar surface area (TPSA) is 9.23 Å². The summed E-state index contributed by atoms with van der Waals surface area (Å²) < 4.78 is 19.4. The Morgan fingerprint density at radius 1 is 1.54 bits per heavy atom. The fourth-order valence-corrected chi connectivity index (χ4v) is 2.28. The third kappa shape index (κ3) is 1.30. The molecule has 0 amide bonds. The first-order chi connectivity index (χ1) is 6.24. The Balaban J connectivity index is 2.83. The fraction of sp³-hybridized carbons (Fsp3) is 0.111. The van der Waals surface area contributed by atoms with Crippen molar-refractivity contribution in [2.75, 3.05) is 7.11 Å². The molecule has 0 unspecified atom stereocenters. The summed E-state index contributed by atoms with van der Waals surface area (Å²) in [6, 6.07) is 3.54. The van der Waals surface area contributed by atoms with Crippen LogP contribution in [0.1, 0.15) is 0 Å². The number of hydrogen-bond donors (Lipinski definition) is 1. The molecule has 0 N–H and O–H groups in total. The Kier molecular flexibility index (Phi) is 2.17. The van der Waals surface area contributed by atoms with Gasteiger partial charge in [-0.2, -0.15) is 0 Å². The lowest BCUT2D eigenvalue weighted by atomic mass is 10.2. The highest BCUT2D eigenvalue weighted by Crippen LogP contribution is 2.34. The van der Waals surface area contributed by atoms with Gasteiger partial charge in [-0.15, -0.1) is 24.0 Å². The Morgan fingerprint density at radius 2 is 2.31 bits per heavy atom. The first kappa shape index (κ1) is 8.84. The van der Waals surface area contributed by atoms with Gasteiger partial charge in [0.05, 0.1) is 12.0 Å². The van der Waals surface area contributed by atoms with E-state index < -0.39 is 0 Å². The lowest BCUT2D eigenvalue weighted by molar-refractivity contribution is 0.399. The fourth-order valence-electron chi connectivity index (χ4n) is 1.19. The lowest BCUT2D eigenvalue weighted by Crippen LogP contribution is -1.87.